The van der Waals surface area contributed by atoms with Crippen LogP contribution in [0.2, 0.25) is 0 Å². The standard InChI is InChI=1S/C7H11N3O/c1-3-5-4-6(11)10-7(8-2)9-5/h4H,3H2,1-2H3,(H2,8,9,10,11). The van der Waals surface area contributed by atoms with E-state index in [4.69, 9.17) is 0 Å². The van der Waals surface area contributed by atoms with Crippen molar-refractivity contribution >= 4 is 5.95 Å². The van der Waals surface area contributed by atoms with Crippen LogP contribution in [-0.2, 0) is 6.42 Å². The maximum atomic E-state index is 10.9. The molecule has 4 heteroatoms. The van der Waals surface area contributed by atoms with Gasteiger partial charge in [-0.25, -0.2) is 0 Å². The Kier molecular flexibility index (Phi) is 2.25. The lowest BCUT2D eigenvalue weighted by Crippen LogP contribution is -2.11. The van der Waals surface area contributed by atoms with E-state index in [1.54, 1.807) is 7.05 Å². The molecule has 0 aliphatic carbocycles. The minimum atomic E-state index is -0.204. The zero-order chi connectivity index (χ0) is 8.27. The van der Waals surface area contributed by atoms with Crippen LogP contribution in [0.4, 0.5) is 5.95 Å². The monoisotopic (exact) mass is 153 g/mol. The second-order valence-corrected chi connectivity index (χ2v) is 2.20. The van der Waals surface area contributed by atoms with Gasteiger partial charge in [0.25, 0.3) is 5.56 Å². The molecule has 1 rings (SSSR count). The lowest BCUT2D eigenvalue weighted by atomic mass is 10.3. The molecule has 0 radical (unpaired) electrons. The number of nitrogens with zero attached hydrogens (tertiary/aromatic N) is 1. The summed E-state index contributed by atoms with van der Waals surface area (Å²) in [4.78, 5) is 17.5. The van der Waals surface area contributed by atoms with Crippen molar-refractivity contribution in [2.75, 3.05) is 12.4 Å². The molecule has 1 aromatic rings. The minimum absolute atomic E-state index is 0.204. The van der Waals surface area contributed by atoms with E-state index >= 15 is 0 Å². The summed E-state index contributed by atoms with van der Waals surface area (Å²) in [5.41, 5.74) is 0.694. The van der Waals surface area contributed by atoms with Crippen molar-refractivity contribution in [3.05, 3.63) is 22.1 Å². The van der Waals surface area contributed by atoms with Crippen molar-refractivity contribution in [2.45, 2.75) is 13.3 Å². The summed E-state index contributed by atoms with van der Waals surface area (Å²) >= 11 is 0. The highest BCUT2D eigenvalue weighted by molar-refractivity contribution is 5.23. The van der Waals surface area contributed by atoms with E-state index in [9.17, 15) is 4.79 Å². The van der Waals surface area contributed by atoms with Gasteiger partial charge in [-0.1, -0.05) is 6.92 Å². The summed E-state index contributed by atoms with van der Waals surface area (Å²) in [7, 11) is 1.72. The highest BCUT2D eigenvalue weighted by Gasteiger charge is 1.95. The van der Waals surface area contributed by atoms with Crippen LogP contribution in [0.3, 0.4) is 0 Å². The van der Waals surface area contributed by atoms with Gasteiger partial charge >= 0.3 is 0 Å². The number of anilines is 1. The van der Waals surface area contributed by atoms with Crippen molar-refractivity contribution in [1.82, 2.24) is 9.97 Å². The van der Waals surface area contributed by atoms with E-state index in [-0.39, 0.29) is 5.56 Å². The van der Waals surface area contributed by atoms with Crippen molar-refractivity contribution < 1.29 is 0 Å². The molecular formula is C7H11N3O. The lowest BCUT2D eigenvalue weighted by molar-refractivity contribution is 0.982. The Morgan fingerprint density at radius 1 is 1.73 bits per heavy atom. The summed E-state index contributed by atoms with van der Waals surface area (Å²) in [5, 5.41) is 2.78. The molecule has 0 atom stereocenters. The van der Waals surface area contributed by atoms with Crippen LogP contribution in [0.5, 0.6) is 0 Å². The van der Waals surface area contributed by atoms with E-state index < -0.39 is 0 Å². The third kappa shape index (κ3) is 1.80. The Balaban J connectivity index is 3.12. The molecule has 0 saturated carbocycles. The van der Waals surface area contributed by atoms with Gasteiger partial charge in [-0.15, -0.1) is 0 Å². The molecular weight excluding hydrogens is 142 g/mol. The zero-order valence-electron chi connectivity index (χ0n) is 6.64. The molecule has 0 aliphatic heterocycles. The SMILES string of the molecule is CCc1cc(=O)nc(NC)[nH]1. The van der Waals surface area contributed by atoms with Crippen LogP contribution >= 0.6 is 0 Å². The van der Waals surface area contributed by atoms with E-state index in [1.165, 1.54) is 6.07 Å². The maximum absolute atomic E-state index is 10.9. The van der Waals surface area contributed by atoms with Crippen LogP contribution < -0.4 is 10.9 Å². The quantitative estimate of drug-likeness (QED) is 0.645. The van der Waals surface area contributed by atoms with Crippen molar-refractivity contribution in [3.63, 3.8) is 0 Å². The van der Waals surface area contributed by atoms with Crippen molar-refractivity contribution in [3.8, 4) is 0 Å². The average Bonchev–Trinajstić information content (AvgIpc) is 2.03. The van der Waals surface area contributed by atoms with Gasteiger partial charge < -0.3 is 10.3 Å². The molecule has 60 valence electrons. The molecule has 2 N–H and O–H groups in total. The Labute approximate surface area is 64.7 Å². The zero-order valence-corrected chi connectivity index (χ0v) is 6.64. The number of aryl methyl sites for hydroxylation is 1. The van der Waals surface area contributed by atoms with Gasteiger partial charge in [-0.05, 0) is 6.42 Å². The van der Waals surface area contributed by atoms with Crippen LogP contribution in [0.25, 0.3) is 0 Å². The highest BCUT2D eigenvalue weighted by Crippen LogP contribution is 1.95. The number of H-pyrrole nitrogens is 1. The van der Waals surface area contributed by atoms with E-state index in [0.29, 0.717) is 5.95 Å². The first kappa shape index (κ1) is 7.78. The smallest absolute Gasteiger partial charge is 0.274 e. The van der Waals surface area contributed by atoms with E-state index in [0.717, 1.165) is 12.1 Å². The first-order valence-electron chi connectivity index (χ1n) is 3.54. The molecule has 0 amide bonds. The summed E-state index contributed by atoms with van der Waals surface area (Å²) in [6.45, 7) is 1.98. The normalized spacial score (nSPS) is 9.64. The number of aromatic nitrogens is 2. The summed E-state index contributed by atoms with van der Waals surface area (Å²) in [5.74, 6) is 0.523. The number of hydrogen-bond donors (Lipinski definition) is 2. The minimum Gasteiger partial charge on any atom is -0.359 e. The molecule has 0 spiro atoms. The molecule has 0 fully saturated rings. The van der Waals surface area contributed by atoms with Crippen LogP contribution in [-0.4, -0.2) is 17.0 Å². The molecule has 0 aliphatic rings. The molecule has 4 nitrogen and oxygen atoms in total. The van der Waals surface area contributed by atoms with Gasteiger partial charge in [-0.2, -0.15) is 4.98 Å². The molecule has 0 saturated heterocycles. The second-order valence-electron chi connectivity index (χ2n) is 2.20. The molecule has 0 bridgehead atoms. The Bertz CT molecular complexity index is 267. The summed E-state index contributed by atoms with van der Waals surface area (Å²) in [6, 6.07) is 1.50. The lowest BCUT2D eigenvalue weighted by Gasteiger charge is -2.00. The Morgan fingerprint density at radius 3 is 3.00 bits per heavy atom. The van der Waals surface area contributed by atoms with Gasteiger partial charge in [0.1, 0.15) is 0 Å². The Hall–Kier alpha value is -1.32. The predicted molar refractivity (Wildman–Crippen MR) is 43.8 cm³/mol. The van der Waals surface area contributed by atoms with Crippen LogP contribution in [0, 0.1) is 0 Å². The second kappa shape index (κ2) is 3.18. The predicted octanol–water partition coefficient (Wildman–Crippen LogP) is 0.374. The average molecular weight is 153 g/mol. The molecule has 0 unspecified atom stereocenters. The third-order valence-electron chi connectivity index (χ3n) is 1.42. The summed E-state index contributed by atoms with van der Waals surface area (Å²) in [6.07, 6.45) is 0.812. The topological polar surface area (TPSA) is 57.8 Å². The number of hydrogen-bond acceptors (Lipinski definition) is 3. The Morgan fingerprint density at radius 2 is 2.45 bits per heavy atom. The molecule has 1 heterocycles. The van der Waals surface area contributed by atoms with Crippen molar-refractivity contribution in [1.29, 1.82) is 0 Å². The van der Waals surface area contributed by atoms with Gasteiger partial charge in [0, 0.05) is 18.8 Å². The number of rotatable bonds is 2. The van der Waals surface area contributed by atoms with E-state index in [1.807, 2.05) is 6.92 Å². The van der Waals surface area contributed by atoms with Gasteiger partial charge in [0.15, 0.2) is 0 Å². The number of nitrogens with one attached hydrogen (secondary N) is 2. The first-order chi connectivity index (χ1) is 5.26. The fourth-order valence-corrected chi connectivity index (χ4v) is 0.816. The van der Waals surface area contributed by atoms with Crippen LogP contribution in [0.15, 0.2) is 10.9 Å². The maximum Gasteiger partial charge on any atom is 0.274 e. The highest BCUT2D eigenvalue weighted by atomic mass is 16.1. The molecule has 0 aromatic carbocycles. The summed E-state index contributed by atoms with van der Waals surface area (Å²) < 4.78 is 0. The largest absolute Gasteiger partial charge is 0.359 e. The van der Waals surface area contributed by atoms with Gasteiger partial charge in [0.2, 0.25) is 5.95 Å². The third-order valence-corrected chi connectivity index (χ3v) is 1.42. The fourth-order valence-electron chi connectivity index (χ4n) is 0.816. The molecule has 1 aromatic heterocycles. The van der Waals surface area contributed by atoms with Crippen molar-refractivity contribution in [2.24, 2.45) is 0 Å². The van der Waals surface area contributed by atoms with E-state index in [2.05, 4.69) is 15.3 Å². The van der Waals surface area contributed by atoms with Gasteiger partial charge in [-0.3, -0.25) is 4.79 Å². The fraction of sp³-hybridized carbons (Fsp3) is 0.429. The van der Waals surface area contributed by atoms with Crippen LogP contribution in [0.1, 0.15) is 12.6 Å². The van der Waals surface area contributed by atoms with Gasteiger partial charge in [0.05, 0.1) is 0 Å². The molecule has 11 heavy (non-hydrogen) atoms. The number of aromatic amines is 1. The first-order valence-corrected chi connectivity index (χ1v) is 3.54.